The molecular weight excluding hydrogens is 513 g/mol. The van der Waals surface area contributed by atoms with Gasteiger partial charge in [0.05, 0.1) is 17.0 Å². The summed E-state index contributed by atoms with van der Waals surface area (Å²) in [6.07, 6.45) is -2.50. The summed E-state index contributed by atoms with van der Waals surface area (Å²) in [5.74, 6) is -1.38. The third-order valence-corrected chi connectivity index (χ3v) is 7.02. The molecule has 0 saturated heterocycles. The number of halogens is 3. The first-order valence-electron chi connectivity index (χ1n) is 13.0. The molecule has 2 N–H and O–H groups in total. The van der Waals surface area contributed by atoms with Crippen LogP contribution in [0.1, 0.15) is 36.0 Å². The number of aliphatic carboxylic acids is 1. The molecule has 0 saturated carbocycles. The topological polar surface area (TPSA) is 62.2 Å². The maximum Gasteiger partial charge on any atom is 0.418 e. The molecule has 7 heteroatoms. The second kappa shape index (κ2) is 11.2. The first kappa shape index (κ1) is 26.9. The van der Waals surface area contributed by atoms with Gasteiger partial charge in [-0.1, -0.05) is 85.8 Å². The summed E-state index contributed by atoms with van der Waals surface area (Å²) < 4.78 is 41.6. The Hall–Kier alpha value is -4.65. The smallest absolute Gasteiger partial charge is 0.418 e. The fraction of sp³-hybridized carbons (Fsp3) is 0.152. The number of hydrogen-bond donors (Lipinski definition) is 2. The second-order valence-electron chi connectivity index (χ2n) is 9.59. The van der Waals surface area contributed by atoms with Crippen molar-refractivity contribution in [2.24, 2.45) is 0 Å². The van der Waals surface area contributed by atoms with Gasteiger partial charge in [-0.15, -0.1) is 0 Å². The van der Waals surface area contributed by atoms with Crippen LogP contribution >= 0.6 is 0 Å². The van der Waals surface area contributed by atoms with Gasteiger partial charge in [-0.25, -0.2) is 0 Å². The molecule has 1 heterocycles. The van der Waals surface area contributed by atoms with Crippen molar-refractivity contribution in [3.63, 3.8) is 0 Å². The largest absolute Gasteiger partial charge is 0.481 e. The highest BCUT2D eigenvalue weighted by molar-refractivity contribution is 6.03. The lowest BCUT2D eigenvalue weighted by molar-refractivity contribution is -0.139. The number of carbonyl (C=O) groups is 1. The van der Waals surface area contributed by atoms with Crippen LogP contribution in [0.2, 0.25) is 0 Å². The maximum atomic E-state index is 13.9. The van der Waals surface area contributed by atoms with Crippen molar-refractivity contribution in [1.29, 1.82) is 0 Å². The normalized spacial score (nSPS) is 12.3. The first-order valence-corrected chi connectivity index (χ1v) is 13.0. The number of aromatic nitrogens is 1. The number of nitrogens with zero attached hydrogens (tertiary/aromatic N) is 1. The summed E-state index contributed by atoms with van der Waals surface area (Å²) in [4.78, 5) is 15.7. The summed E-state index contributed by atoms with van der Waals surface area (Å²) in [7, 11) is 0. The number of anilines is 1. The van der Waals surface area contributed by atoms with Crippen molar-refractivity contribution in [2.75, 3.05) is 5.32 Å². The minimum atomic E-state index is -4.53. The molecule has 1 aromatic heterocycles. The molecule has 0 aliphatic heterocycles. The van der Waals surface area contributed by atoms with E-state index in [2.05, 4.69) is 10.3 Å². The van der Waals surface area contributed by atoms with E-state index in [-0.39, 0.29) is 5.52 Å². The Balaban J connectivity index is 1.52. The molecule has 4 aromatic carbocycles. The van der Waals surface area contributed by atoms with Crippen LogP contribution in [0.15, 0.2) is 103 Å². The molecule has 40 heavy (non-hydrogen) atoms. The van der Waals surface area contributed by atoms with Crippen LogP contribution in [0.25, 0.3) is 33.2 Å². The molecule has 0 amide bonds. The number of alkyl halides is 3. The van der Waals surface area contributed by atoms with Gasteiger partial charge in [0, 0.05) is 34.9 Å². The summed E-state index contributed by atoms with van der Waals surface area (Å²) in [5, 5.41) is 13.2. The molecule has 0 aliphatic carbocycles. The van der Waals surface area contributed by atoms with Crippen LogP contribution in [0.5, 0.6) is 0 Å². The highest BCUT2D eigenvalue weighted by atomic mass is 19.4. The second-order valence-corrected chi connectivity index (χ2v) is 9.59. The molecule has 202 valence electrons. The lowest BCUT2D eigenvalue weighted by Gasteiger charge is -2.17. The van der Waals surface area contributed by atoms with Gasteiger partial charge in [-0.05, 0) is 46.9 Å². The molecule has 0 aliphatic rings. The van der Waals surface area contributed by atoms with Gasteiger partial charge in [0.15, 0.2) is 0 Å². The van der Waals surface area contributed by atoms with Gasteiger partial charge in [-0.3, -0.25) is 9.78 Å². The van der Waals surface area contributed by atoms with E-state index in [1.165, 1.54) is 12.3 Å². The van der Waals surface area contributed by atoms with Crippen LogP contribution < -0.4 is 5.32 Å². The van der Waals surface area contributed by atoms with Crippen LogP contribution in [-0.4, -0.2) is 16.1 Å². The van der Waals surface area contributed by atoms with Gasteiger partial charge >= 0.3 is 12.1 Å². The number of carboxylic acid groups (broad SMARTS) is 1. The average Bonchev–Trinajstić information content (AvgIpc) is 2.96. The van der Waals surface area contributed by atoms with E-state index in [4.69, 9.17) is 0 Å². The minimum absolute atomic E-state index is 0.0881. The monoisotopic (exact) mass is 540 g/mol. The van der Waals surface area contributed by atoms with Crippen LogP contribution in [0, 0.1) is 0 Å². The van der Waals surface area contributed by atoms with Crippen molar-refractivity contribution in [1.82, 2.24) is 4.98 Å². The fourth-order valence-electron chi connectivity index (χ4n) is 5.01. The zero-order valence-corrected chi connectivity index (χ0v) is 21.7. The van der Waals surface area contributed by atoms with Crippen LogP contribution in [-0.2, 0) is 17.5 Å². The Bertz CT molecular complexity index is 1650. The molecule has 0 spiro atoms. The fourth-order valence-corrected chi connectivity index (χ4v) is 5.01. The van der Waals surface area contributed by atoms with E-state index in [9.17, 15) is 23.1 Å². The number of pyridine rings is 1. The summed E-state index contributed by atoms with van der Waals surface area (Å²) in [5.41, 5.74) is 4.72. The molecule has 5 aromatic rings. The van der Waals surface area contributed by atoms with E-state index in [0.717, 1.165) is 39.6 Å². The highest BCUT2D eigenvalue weighted by Gasteiger charge is 2.33. The first-order chi connectivity index (χ1) is 19.3. The third kappa shape index (κ3) is 5.54. The summed E-state index contributed by atoms with van der Waals surface area (Å²) in [6, 6.07) is 28.7. The van der Waals surface area contributed by atoms with E-state index < -0.39 is 23.6 Å². The van der Waals surface area contributed by atoms with Gasteiger partial charge in [0.2, 0.25) is 0 Å². The van der Waals surface area contributed by atoms with Crippen molar-refractivity contribution in [2.45, 2.75) is 32.0 Å². The van der Waals surface area contributed by atoms with Crippen LogP contribution in [0.3, 0.4) is 0 Å². The summed E-state index contributed by atoms with van der Waals surface area (Å²) in [6.45, 7) is 2.34. The Kier molecular flexibility index (Phi) is 7.56. The quantitative estimate of drug-likeness (QED) is 0.207. The number of hydrogen-bond acceptors (Lipinski definition) is 3. The Morgan fingerprint density at radius 1 is 0.900 bits per heavy atom. The van der Waals surface area contributed by atoms with E-state index in [1.807, 2.05) is 85.8 Å². The average molecular weight is 541 g/mol. The van der Waals surface area contributed by atoms with Crippen molar-refractivity contribution in [3.8, 4) is 22.3 Å². The number of para-hydroxylation sites is 1. The number of carboxylic acids is 1. The van der Waals surface area contributed by atoms with Gasteiger partial charge in [0.1, 0.15) is 0 Å². The van der Waals surface area contributed by atoms with Gasteiger partial charge in [0.25, 0.3) is 0 Å². The minimum Gasteiger partial charge on any atom is -0.481 e. The SMILES string of the molecule is CCC(C(=O)O)c1ccc(CNc2cccc(-c3c(-c4ccccc4)cnc4c(C(F)(F)F)cccc34)c2)cc1. The zero-order valence-electron chi connectivity index (χ0n) is 21.7. The van der Waals surface area contributed by atoms with Gasteiger partial charge in [-0.2, -0.15) is 13.2 Å². The highest BCUT2D eigenvalue weighted by Crippen LogP contribution is 2.41. The lowest BCUT2D eigenvalue weighted by atomic mass is 9.91. The van der Waals surface area contributed by atoms with Crippen molar-refractivity contribution >= 4 is 22.6 Å². The molecule has 4 nitrogen and oxygen atoms in total. The molecular formula is C33H27F3N2O2. The summed E-state index contributed by atoms with van der Waals surface area (Å²) >= 11 is 0. The van der Waals surface area contributed by atoms with Gasteiger partial charge < -0.3 is 10.4 Å². The van der Waals surface area contributed by atoms with E-state index in [1.54, 1.807) is 6.07 Å². The Morgan fingerprint density at radius 3 is 2.27 bits per heavy atom. The number of benzene rings is 4. The molecule has 0 fully saturated rings. The molecule has 0 bridgehead atoms. The predicted molar refractivity (Wildman–Crippen MR) is 152 cm³/mol. The molecule has 1 atom stereocenters. The predicted octanol–water partition coefficient (Wildman–Crippen LogP) is 8.78. The van der Waals surface area contributed by atoms with E-state index in [0.29, 0.717) is 23.9 Å². The lowest BCUT2D eigenvalue weighted by Crippen LogP contribution is -2.10. The molecule has 0 radical (unpaired) electrons. The number of fused-ring (bicyclic) bond motifs is 1. The van der Waals surface area contributed by atoms with Crippen molar-refractivity contribution < 1.29 is 23.1 Å². The number of nitrogens with one attached hydrogen (secondary N) is 1. The third-order valence-electron chi connectivity index (χ3n) is 7.02. The maximum absolute atomic E-state index is 13.9. The Labute approximate surface area is 230 Å². The van der Waals surface area contributed by atoms with Crippen molar-refractivity contribution in [3.05, 3.63) is 120 Å². The zero-order chi connectivity index (χ0) is 28.3. The van der Waals surface area contributed by atoms with E-state index >= 15 is 0 Å². The Morgan fingerprint density at radius 2 is 1.60 bits per heavy atom. The number of rotatable bonds is 8. The standard InChI is InChI=1S/C33H27F3N2O2/c1-2-26(32(39)40)23-16-14-21(15-17-23)19-37-25-11-6-10-24(18-25)30-27-12-7-13-29(33(34,35)36)31(27)38-20-28(30)22-8-4-3-5-9-22/h3-18,20,26,37H,2,19H2,1H3,(H,39,40). The molecule has 1 unspecified atom stereocenters. The molecule has 5 rings (SSSR count). The van der Waals surface area contributed by atoms with Crippen LogP contribution in [0.4, 0.5) is 18.9 Å².